The summed E-state index contributed by atoms with van der Waals surface area (Å²) in [6, 6.07) is 2.39. The molecule has 212 valence electrons. The molecule has 0 saturated carbocycles. The molecule has 0 amide bonds. The minimum Gasteiger partial charge on any atom is -0.0622 e. The van der Waals surface area contributed by atoms with Crippen molar-refractivity contribution in [3.05, 3.63) is 169 Å². The van der Waals surface area contributed by atoms with Gasteiger partial charge in [0.1, 0.15) is 0 Å². The van der Waals surface area contributed by atoms with Crippen LogP contribution in [0.1, 0.15) is 26.0 Å². The maximum Gasteiger partial charge on any atom is 0.0630 e. The third-order valence-corrected chi connectivity index (χ3v) is 8.61. The zero-order valence-electron chi connectivity index (χ0n) is 42.7. The van der Waals surface area contributed by atoms with Crippen LogP contribution in [-0.2, 0) is 0 Å². The Morgan fingerprint density at radius 1 is 0.304 bits per heavy atom. The van der Waals surface area contributed by atoms with Gasteiger partial charge in [0.05, 0.1) is 26.0 Å². The van der Waals surface area contributed by atoms with Crippen molar-refractivity contribution in [1.82, 2.24) is 0 Å². The molecule has 0 saturated heterocycles. The largest absolute Gasteiger partial charge is 0.0630 e. The average molecular weight is 600 g/mol. The molecule has 0 heterocycles. The summed E-state index contributed by atoms with van der Waals surface area (Å²) in [5.74, 6) is 0. The minimum absolute atomic E-state index is 0.00165. The lowest BCUT2D eigenvalue weighted by molar-refractivity contribution is 1.61. The molecule has 46 heavy (non-hydrogen) atoms. The van der Waals surface area contributed by atoms with Gasteiger partial charge < -0.3 is 0 Å². The molecule has 0 aromatic heterocycles. The van der Waals surface area contributed by atoms with Crippen molar-refractivity contribution in [2.75, 3.05) is 0 Å². The summed E-state index contributed by atoms with van der Waals surface area (Å²) in [5, 5.41) is 2.95. The Hall–Kier alpha value is -5.98. The van der Waals surface area contributed by atoms with Crippen LogP contribution in [0.2, 0.25) is 0 Å². The molecule has 0 unspecified atom stereocenters. The number of benzene rings is 10. The summed E-state index contributed by atoms with van der Waals surface area (Å²) >= 11 is 0. The van der Waals surface area contributed by atoms with Crippen molar-refractivity contribution in [2.24, 2.45) is 0 Å². The van der Waals surface area contributed by atoms with Crippen molar-refractivity contribution in [3.8, 4) is 33.4 Å². The van der Waals surface area contributed by atoms with Crippen LogP contribution in [0, 0.1) is 0 Å². The van der Waals surface area contributed by atoms with Crippen LogP contribution in [0.25, 0.3) is 98.0 Å². The summed E-state index contributed by atoms with van der Waals surface area (Å²) in [6.07, 6.45) is 0. The fourth-order valence-corrected chi connectivity index (χ4v) is 6.69. The molecule has 0 fully saturated rings. The monoisotopic (exact) mass is 599 g/mol. The van der Waals surface area contributed by atoms with E-state index in [0.29, 0.717) is 10.9 Å². The highest BCUT2D eigenvalue weighted by atomic mass is 14.2. The Balaban J connectivity index is 1.53. The molecular formula is C46H28. The SMILES string of the molecule is [2H]c1c([2H])c([2H])c(-c2c([2H])c([2H])c(-c3c4c([2H])c([2H])c([2H])c([2H])c4c(-c4ccc5ccc6cccc7ccc4c5c67)c4c3c([2H])c([2H])c3c([2H])c([2H])c([2H])c([2H])c34)c([2H])c2[2H])c([2H])c1[2H]. The van der Waals surface area contributed by atoms with E-state index >= 15 is 0 Å². The van der Waals surface area contributed by atoms with Gasteiger partial charge in [-0.3, -0.25) is 0 Å². The Morgan fingerprint density at radius 3 is 1.67 bits per heavy atom. The van der Waals surface area contributed by atoms with Gasteiger partial charge in [-0.25, -0.2) is 0 Å². The van der Waals surface area contributed by atoms with Crippen molar-refractivity contribution < 1.29 is 26.0 Å². The molecule has 0 aliphatic heterocycles. The van der Waals surface area contributed by atoms with E-state index in [2.05, 4.69) is 0 Å². The lowest BCUT2D eigenvalue weighted by atomic mass is 9.82. The van der Waals surface area contributed by atoms with Gasteiger partial charge in [-0.2, -0.15) is 0 Å². The second-order valence-electron chi connectivity index (χ2n) is 11.0. The highest BCUT2D eigenvalue weighted by Crippen LogP contribution is 2.49. The smallest absolute Gasteiger partial charge is 0.0622 e. The normalized spacial score (nSPS) is 17.7. The summed E-state index contributed by atoms with van der Waals surface area (Å²) in [4.78, 5) is 0. The van der Waals surface area contributed by atoms with Crippen molar-refractivity contribution in [3.63, 3.8) is 0 Å². The van der Waals surface area contributed by atoms with Gasteiger partial charge in [0.15, 0.2) is 0 Å². The van der Waals surface area contributed by atoms with Crippen LogP contribution >= 0.6 is 0 Å². The second-order valence-corrected chi connectivity index (χ2v) is 11.0. The van der Waals surface area contributed by atoms with E-state index < -0.39 is 137 Å². The van der Waals surface area contributed by atoms with Crippen molar-refractivity contribution >= 4 is 64.6 Å². The Bertz CT molecular complexity index is 3800. The molecule has 10 rings (SSSR count). The van der Waals surface area contributed by atoms with E-state index in [0.717, 1.165) is 26.9 Å². The number of fused-ring (bicyclic) bond motifs is 4. The molecule has 0 nitrogen and oxygen atoms in total. The first-order valence-corrected chi connectivity index (χ1v) is 14.5. The van der Waals surface area contributed by atoms with Crippen LogP contribution in [0.15, 0.2) is 169 Å². The average Bonchev–Trinajstić information content (AvgIpc) is 3.30. The van der Waals surface area contributed by atoms with E-state index in [1.54, 1.807) is 12.1 Å². The molecule has 0 bridgehead atoms. The molecule has 10 aromatic rings. The van der Waals surface area contributed by atoms with Crippen LogP contribution in [-0.4, -0.2) is 0 Å². The van der Waals surface area contributed by atoms with Gasteiger partial charge >= 0.3 is 0 Å². The molecule has 10 aromatic carbocycles. The Kier molecular flexibility index (Phi) is 2.79. The molecule has 0 atom stereocenters. The Morgan fingerprint density at radius 2 is 0.891 bits per heavy atom. The van der Waals surface area contributed by atoms with E-state index in [4.69, 9.17) is 13.7 Å². The Labute approximate surface area is 293 Å². The van der Waals surface area contributed by atoms with Crippen LogP contribution in [0.3, 0.4) is 0 Å². The van der Waals surface area contributed by atoms with Crippen LogP contribution < -0.4 is 0 Å². The number of hydrogen-bond acceptors (Lipinski definition) is 0. The highest BCUT2D eigenvalue weighted by molar-refractivity contribution is 6.32. The summed E-state index contributed by atoms with van der Waals surface area (Å²) < 4.78 is 171. The molecule has 0 radical (unpaired) electrons. The fourth-order valence-electron chi connectivity index (χ4n) is 6.69. The van der Waals surface area contributed by atoms with Crippen molar-refractivity contribution in [2.45, 2.75) is 0 Å². The molecule has 0 aliphatic carbocycles. The third kappa shape index (κ3) is 3.62. The van der Waals surface area contributed by atoms with Gasteiger partial charge in [-0.05, 0) is 98.0 Å². The molecule has 0 spiro atoms. The van der Waals surface area contributed by atoms with Gasteiger partial charge in [-0.1, -0.05) is 169 Å². The van der Waals surface area contributed by atoms with Gasteiger partial charge in [0.2, 0.25) is 0 Å². The lowest BCUT2D eigenvalue weighted by Crippen LogP contribution is -1.93. The molecule has 0 aliphatic rings. The first-order valence-electron chi connectivity index (χ1n) is 24.0. The van der Waals surface area contributed by atoms with E-state index in [1.165, 1.54) is 0 Å². The maximum absolute atomic E-state index is 9.73. The minimum atomic E-state index is -0.891. The number of hydrogen-bond donors (Lipinski definition) is 0. The predicted molar refractivity (Wildman–Crippen MR) is 199 cm³/mol. The zero-order chi connectivity index (χ0) is 46.7. The second kappa shape index (κ2) is 9.76. The molecule has 0 N–H and O–H groups in total. The quantitative estimate of drug-likeness (QED) is 0.140. The first kappa shape index (κ1) is 13.2. The van der Waals surface area contributed by atoms with Gasteiger partial charge in [0.25, 0.3) is 0 Å². The van der Waals surface area contributed by atoms with E-state index in [1.807, 2.05) is 42.5 Å². The molecule has 0 heteroatoms. The van der Waals surface area contributed by atoms with Crippen molar-refractivity contribution in [1.29, 1.82) is 0 Å². The topological polar surface area (TPSA) is 0 Å². The zero-order valence-corrected chi connectivity index (χ0v) is 23.7. The fraction of sp³-hybridized carbons (Fsp3) is 0. The first-order chi connectivity index (χ1) is 30.7. The summed E-state index contributed by atoms with van der Waals surface area (Å²) in [7, 11) is 0. The molecular weight excluding hydrogens is 553 g/mol. The van der Waals surface area contributed by atoms with E-state index in [9.17, 15) is 12.3 Å². The predicted octanol–water partition coefficient (Wildman–Crippen LogP) is 13.0. The summed E-state index contributed by atoms with van der Waals surface area (Å²) in [6.45, 7) is 0. The van der Waals surface area contributed by atoms with Crippen LogP contribution in [0.5, 0.6) is 0 Å². The number of rotatable bonds is 3. The third-order valence-electron chi connectivity index (χ3n) is 8.61. The van der Waals surface area contributed by atoms with Gasteiger partial charge in [0, 0.05) is 0 Å². The lowest BCUT2D eigenvalue weighted by Gasteiger charge is -2.21. The maximum atomic E-state index is 9.73. The standard InChI is InChI=1S/C46H28/c1-2-9-29(10-3-1)30-17-19-34(20-18-30)43-37-15-6-7-16-38(37)46(45-36-14-5-4-11-31(36)23-28-41(43)45)40-27-25-35-22-21-32-12-8-13-33-24-26-39(40)44(35)42(32)33/h1-28H/i1D,2D,3D,4D,5D,6D,7D,9D,10D,11D,14D,15D,16D,17D,18D,19D,20D,23D,28D. The van der Waals surface area contributed by atoms with Gasteiger partial charge in [-0.15, -0.1) is 0 Å². The van der Waals surface area contributed by atoms with Crippen LogP contribution in [0.4, 0.5) is 0 Å². The van der Waals surface area contributed by atoms with E-state index in [-0.39, 0.29) is 37.9 Å². The highest BCUT2D eigenvalue weighted by Gasteiger charge is 2.21. The summed E-state index contributed by atoms with van der Waals surface area (Å²) in [5.41, 5.74) is -2.07.